The van der Waals surface area contributed by atoms with Gasteiger partial charge in [-0.3, -0.25) is 18.6 Å². The quantitative estimate of drug-likeness (QED) is 0.307. The molecule has 0 atom stereocenters. The summed E-state index contributed by atoms with van der Waals surface area (Å²) in [5.74, 6) is 0. The average molecular weight is 423 g/mol. The molecule has 0 radical (unpaired) electrons. The van der Waals surface area contributed by atoms with E-state index in [2.05, 4.69) is 0 Å². The van der Waals surface area contributed by atoms with Crippen molar-refractivity contribution in [2.45, 2.75) is 6.54 Å². The van der Waals surface area contributed by atoms with E-state index in [0.29, 0.717) is 39.4 Å². The molecule has 7 nitrogen and oxygen atoms in total. The fourth-order valence-electron chi connectivity index (χ4n) is 3.39. The number of rotatable bonds is 3. The van der Waals surface area contributed by atoms with Crippen molar-refractivity contribution in [3.8, 4) is 0 Å². The molecule has 148 valence electrons. The second-order valence-corrected chi connectivity index (χ2v) is 6.69. The number of anilines is 1. The second kappa shape index (κ2) is 7.79. The van der Waals surface area contributed by atoms with Gasteiger partial charge in [0, 0.05) is 29.5 Å². The summed E-state index contributed by atoms with van der Waals surface area (Å²) in [6.07, 6.45) is 0. The molecule has 0 amide bonds. The van der Waals surface area contributed by atoms with Gasteiger partial charge in [-0.25, -0.2) is 4.79 Å². The molecule has 0 aliphatic heterocycles. The van der Waals surface area contributed by atoms with Crippen molar-refractivity contribution >= 4 is 57.7 Å². The third-order valence-corrected chi connectivity index (χ3v) is 4.68. The lowest BCUT2D eigenvalue weighted by atomic mass is 10.1. The van der Waals surface area contributed by atoms with Gasteiger partial charge in [0.15, 0.2) is 5.43 Å². The van der Waals surface area contributed by atoms with Gasteiger partial charge in [0.05, 0.1) is 16.4 Å². The first-order valence-corrected chi connectivity index (χ1v) is 8.28. The molecule has 0 aliphatic rings. The van der Waals surface area contributed by atoms with Crippen molar-refractivity contribution in [1.29, 1.82) is 0 Å². The van der Waals surface area contributed by atoms with Crippen molar-refractivity contribution in [3.63, 3.8) is 0 Å². The van der Waals surface area contributed by atoms with Gasteiger partial charge in [-0.2, -0.15) is 0 Å². The predicted molar refractivity (Wildman–Crippen MR) is 118 cm³/mol. The fourth-order valence-corrected chi connectivity index (χ4v) is 3.39. The molecular weight excluding hydrogens is 403 g/mol. The van der Waals surface area contributed by atoms with Gasteiger partial charge in [-0.1, -0.05) is 6.07 Å². The second-order valence-electron chi connectivity index (χ2n) is 6.69. The van der Waals surface area contributed by atoms with Gasteiger partial charge in [0.1, 0.15) is 0 Å². The van der Waals surface area contributed by atoms with E-state index in [1.165, 1.54) is 8.97 Å². The normalized spacial score (nSPS) is 11.1. The first kappa shape index (κ1) is 21.7. The molecule has 0 fully saturated rings. The number of aromatic nitrogens is 2. The largest absolute Gasteiger partial charge is 0.399 e. The topological polar surface area (TPSA) is 89.8 Å². The lowest BCUT2D eigenvalue weighted by Gasteiger charge is -2.15. The Bertz CT molecular complexity index is 1350. The van der Waals surface area contributed by atoms with E-state index in [1.807, 2.05) is 19.0 Å². The van der Waals surface area contributed by atoms with Gasteiger partial charge < -0.3 is 10.6 Å². The number of likely N-dealkylation sites (N-methyl/N-ethyl adjacent to an activating group) is 1. The van der Waals surface area contributed by atoms with E-state index in [0.717, 1.165) is 0 Å². The van der Waals surface area contributed by atoms with Crippen LogP contribution < -0.4 is 22.4 Å². The monoisotopic (exact) mass is 422 g/mol. The van der Waals surface area contributed by atoms with Crippen LogP contribution in [0.2, 0.25) is 0 Å². The van der Waals surface area contributed by atoms with E-state index in [4.69, 9.17) is 5.73 Å². The molecule has 0 spiro atoms. The number of pyridine rings is 1. The van der Waals surface area contributed by atoms with E-state index < -0.39 is 5.69 Å². The molecule has 2 aromatic carbocycles. The zero-order valence-corrected chi connectivity index (χ0v) is 17.0. The van der Waals surface area contributed by atoms with Crippen molar-refractivity contribution in [1.82, 2.24) is 13.9 Å². The summed E-state index contributed by atoms with van der Waals surface area (Å²) in [6.45, 7) is 0.816. The number of nitrogen functional groups attached to an aromatic ring is 1. The first-order valence-electron chi connectivity index (χ1n) is 8.28. The maximum absolute atomic E-state index is 13.2. The maximum Gasteiger partial charge on any atom is 0.336 e. The molecular formula is C19H20Cl2N4O3. The summed E-state index contributed by atoms with van der Waals surface area (Å²) < 4.78 is 2.68. The van der Waals surface area contributed by atoms with Gasteiger partial charge in [0.2, 0.25) is 0 Å². The van der Waals surface area contributed by atoms with E-state index in [-0.39, 0.29) is 42.3 Å². The lowest BCUT2D eigenvalue weighted by Crippen LogP contribution is -2.40. The van der Waals surface area contributed by atoms with Crippen molar-refractivity contribution in [2.24, 2.45) is 0 Å². The fraction of sp³-hybridized carbons (Fsp3) is 0.211. The van der Waals surface area contributed by atoms with Gasteiger partial charge in [0.25, 0.3) is 5.56 Å². The highest BCUT2D eigenvalue weighted by atomic mass is 35.5. The molecule has 0 saturated heterocycles. The molecule has 0 saturated carbocycles. The minimum atomic E-state index is -0.449. The van der Waals surface area contributed by atoms with Crippen molar-refractivity contribution in [2.75, 3.05) is 26.4 Å². The zero-order chi connectivity index (χ0) is 18.6. The summed E-state index contributed by atoms with van der Waals surface area (Å²) in [7, 11) is 3.76. The van der Waals surface area contributed by atoms with Gasteiger partial charge >= 0.3 is 5.69 Å². The Morgan fingerprint density at radius 3 is 2.32 bits per heavy atom. The first-order chi connectivity index (χ1) is 12.4. The number of halogens is 2. The average Bonchev–Trinajstić information content (AvgIpc) is 2.61. The number of nitrogens with two attached hydrogens (primary N) is 1. The smallest absolute Gasteiger partial charge is 0.336 e. The Balaban J connectivity index is 0.00000140. The van der Waals surface area contributed by atoms with Crippen LogP contribution in [0, 0.1) is 0 Å². The molecule has 2 N–H and O–H groups in total. The Labute approximate surface area is 172 Å². The van der Waals surface area contributed by atoms with E-state index >= 15 is 0 Å². The van der Waals surface area contributed by atoms with Crippen LogP contribution in [-0.2, 0) is 6.54 Å². The highest BCUT2D eigenvalue weighted by Gasteiger charge is 2.18. The Morgan fingerprint density at radius 1 is 0.964 bits per heavy atom. The number of nitrogens with zero attached hydrogens (tertiary/aromatic N) is 3. The number of benzene rings is 2. The molecule has 2 aromatic heterocycles. The van der Waals surface area contributed by atoms with Crippen LogP contribution in [0.3, 0.4) is 0 Å². The zero-order valence-electron chi connectivity index (χ0n) is 15.3. The summed E-state index contributed by atoms with van der Waals surface area (Å²) in [5.41, 5.74) is 6.04. The lowest BCUT2D eigenvalue weighted by molar-refractivity contribution is 0.376. The third kappa shape index (κ3) is 3.11. The highest BCUT2D eigenvalue weighted by Crippen LogP contribution is 2.21. The molecule has 0 aliphatic carbocycles. The van der Waals surface area contributed by atoms with Crippen LogP contribution in [0.15, 0.2) is 50.8 Å². The summed E-state index contributed by atoms with van der Waals surface area (Å²) in [5, 5.41) is 1.07. The minimum Gasteiger partial charge on any atom is -0.399 e. The number of hydrogen-bond acceptors (Lipinski definition) is 5. The molecule has 4 aromatic rings. The van der Waals surface area contributed by atoms with Crippen LogP contribution in [0.1, 0.15) is 0 Å². The molecule has 9 heteroatoms. The third-order valence-electron chi connectivity index (χ3n) is 4.68. The summed E-state index contributed by atoms with van der Waals surface area (Å²) in [4.78, 5) is 40.8. The van der Waals surface area contributed by atoms with E-state index in [1.54, 1.807) is 36.4 Å². The maximum atomic E-state index is 13.2. The van der Waals surface area contributed by atoms with Gasteiger partial charge in [-0.15, -0.1) is 24.8 Å². The van der Waals surface area contributed by atoms with Crippen LogP contribution in [0.5, 0.6) is 0 Å². The molecule has 4 rings (SSSR count). The SMILES string of the molecule is CN(C)CCn1c(=O)c2cccc3c(=O)c4cc(N)ccc4n(c1=O)c32.Cl.Cl. The summed E-state index contributed by atoms with van der Waals surface area (Å²) >= 11 is 0. The Kier molecular flexibility index (Phi) is 6.03. The van der Waals surface area contributed by atoms with E-state index in [9.17, 15) is 14.4 Å². The predicted octanol–water partition coefficient (Wildman–Crippen LogP) is 1.55. The summed E-state index contributed by atoms with van der Waals surface area (Å²) in [6, 6.07) is 9.82. The van der Waals surface area contributed by atoms with Crippen LogP contribution in [-0.4, -0.2) is 34.5 Å². The molecule has 2 heterocycles. The van der Waals surface area contributed by atoms with Crippen molar-refractivity contribution in [3.05, 3.63) is 67.5 Å². The molecule has 0 unspecified atom stereocenters. The number of para-hydroxylation sites is 1. The van der Waals surface area contributed by atoms with Crippen LogP contribution in [0.4, 0.5) is 5.69 Å². The Morgan fingerprint density at radius 2 is 1.64 bits per heavy atom. The van der Waals surface area contributed by atoms with Gasteiger partial charge in [-0.05, 0) is 44.4 Å². The Hall–Kier alpha value is -2.61. The van der Waals surface area contributed by atoms with Crippen LogP contribution in [0.25, 0.3) is 27.2 Å². The van der Waals surface area contributed by atoms with Crippen molar-refractivity contribution < 1.29 is 0 Å². The molecule has 0 bridgehead atoms. The minimum absolute atomic E-state index is 0. The van der Waals surface area contributed by atoms with Crippen LogP contribution >= 0.6 is 24.8 Å². The highest BCUT2D eigenvalue weighted by molar-refractivity contribution is 6.02. The number of hydrogen-bond donors (Lipinski definition) is 1. The standard InChI is InChI=1S/C19H18N4O3.2ClH/c1-21(2)8-9-22-18(25)13-5-3-4-12-16(13)23(19(22)26)15-7-6-11(20)10-14(15)17(12)24;;/h3-7,10H,8-9,20H2,1-2H3;2*1H. The number of fused-ring (bicyclic) bond motifs is 2. The molecule has 28 heavy (non-hydrogen) atoms.